The Kier molecular flexibility index (Phi) is 2.93. The van der Waals surface area contributed by atoms with Crippen LogP contribution in [-0.2, 0) is 4.74 Å². The fraction of sp³-hybridized carbons (Fsp3) is 0.273. The number of hydrogen-bond donors (Lipinski definition) is 1. The lowest BCUT2D eigenvalue weighted by molar-refractivity contribution is 0.0517. The van der Waals surface area contributed by atoms with Crippen molar-refractivity contribution in [1.29, 1.82) is 0 Å². The van der Waals surface area contributed by atoms with Gasteiger partial charge in [0.2, 0.25) is 0 Å². The molecule has 1 N–H and O–H groups in total. The predicted octanol–water partition coefficient (Wildman–Crippen LogP) is 2.18. The van der Waals surface area contributed by atoms with Crippen molar-refractivity contribution >= 4 is 23.2 Å². The topological polar surface area (TPSA) is 63.8 Å². The largest absolute Gasteiger partial charge is 0.504 e. The monoisotopic (exact) mass is 254 g/mol. The van der Waals surface area contributed by atoms with E-state index in [0.717, 1.165) is 0 Å². The molecule has 2 rings (SSSR count). The van der Waals surface area contributed by atoms with Gasteiger partial charge in [0.15, 0.2) is 17.1 Å². The summed E-state index contributed by atoms with van der Waals surface area (Å²) >= 11 is 5.83. The molecule has 2 aromatic rings. The van der Waals surface area contributed by atoms with Crippen LogP contribution in [0.1, 0.15) is 23.1 Å². The van der Waals surface area contributed by atoms with Crippen LogP contribution in [0.25, 0.3) is 5.65 Å². The Labute approximate surface area is 103 Å². The Morgan fingerprint density at radius 2 is 2.35 bits per heavy atom. The quantitative estimate of drug-likeness (QED) is 0.835. The number of esters is 1. The Bertz CT molecular complexity index is 592. The van der Waals surface area contributed by atoms with Crippen molar-refractivity contribution < 1.29 is 14.6 Å². The summed E-state index contributed by atoms with van der Waals surface area (Å²) in [6.45, 7) is 3.67. The SMILES string of the molecule is CCOC(=O)c1c(C)nc2c(O)cc(Cl)cn12. The zero-order chi connectivity index (χ0) is 12.6. The lowest BCUT2D eigenvalue weighted by Crippen LogP contribution is -2.09. The van der Waals surface area contributed by atoms with Crippen LogP contribution in [0.5, 0.6) is 5.75 Å². The van der Waals surface area contributed by atoms with E-state index in [2.05, 4.69) is 4.98 Å². The third kappa shape index (κ3) is 1.93. The first kappa shape index (κ1) is 11.7. The molecule has 90 valence electrons. The molecule has 0 aromatic carbocycles. The van der Waals surface area contributed by atoms with Gasteiger partial charge in [-0.1, -0.05) is 11.6 Å². The van der Waals surface area contributed by atoms with Crippen LogP contribution < -0.4 is 0 Å². The van der Waals surface area contributed by atoms with E-state index in [1.54, 1.807) is 13.8 Å². The number of carbonyl (C=O) groups excluding carboxylic acids is 1. The van der Waals surface area contributed by atoms with Crippen molar-refractivity contribution in [2.75, 3.05) is 6.61 Å². The molecule has 17 heavy (non-hydrogen) atoms. The number of ether oxygens (including phenoxy) is 1. The van der Waals surface area contributed by atoms with Gasteiger partial charge in [-0.25, -0.2) is 9.78 Å². The normalized spacial score (nSPS) is 10.8. The highest BCUT2D eigenvalue weighted by atomic mass is 35.5. The Morgan fingerprint density at radius 1 is 1.65 bits per heavy atom. The smallest absolute Gasteiger partial charge is 0.357 e. The summed E-state index contributed by atoms with van der Waals surface area (Å²) in [7, 11) is 0. The maximum Gasteiger partial charge on any atom is 0.357 e. The number of aryl methyl sites for hydroxylation is 1. The van der Waals surface area contributed by atoms with Crippen molar-refractivity contribution in [2.45, 2.75) is 13.8 Å². The molecule has 0 fully saturated rings. The average Bonchev–Trinajstić information content (AvgIpc) is 2.55. The van der Waals surface area contributed by atoms with E-state index < -0.39 is 5.97 Å². The second-order valence-corrected chi connectivity index (χ2v) is 3.94. The second-order valence-electron chi connectivity index (χ2n) is 3.50. The molecule has 0 aliphatic rings. The number of nitrogens with zero attached hydrogens (tertiary/aromatic N) is 2. The van der Waals surface area contributed by atoms with Crippen LogP contribution in [0.15, 0.2) is 12.3 Å². The fourth-order valence-corrected chi connectivity index (χ4v) is 1.85. The van der Waals surface area contributed by atoms with Crippen LogP contribution in [0.4, 0.5) is 0 Å². The van der Waals surface area contributed by atoms with Crippen LogP contribution >= 0.6 is 11.6 Å². The minimum atomic E-state index is -0.487. The van der Waals surface area contributed by atoms with Gasteiger partial charge in [0.25, 0.3) is 0 Å². The van der Waals surface area contributed by atoms with Crippen LogP contribution in [0.3, 0.4) is 0 Å². The number of fused-ring (bicyclic) bond motifs is 1. The van der Waals surface area contributed by atoms with Gasteiger partial charge < -0.3 is 9.84 Å². The Hall–Kier alpha value is -1.75. The highest BCUT2D eigenvalue weighted by Crippen LogP contribution is 2.25. The molecule has 0 aliphatic heterocycles. The molecule has 0 unspecified atom stereocenters. The van der Waals surface area contributed by atoms with E-state index in [-0.39, 0.29) is 23.7 Å². The first-order valence-corrected chi connectivity index (χ1v) is 5.46. The fourth-order valence-electron chi connectivity index (χ4n) is 1.65. The highest BCUT2D eigenvalue weighted by molar-refractivity contribution is 6.30. The number of pyridine rings is 1. The van der Waals surface area contributed by atoms with Crippen LogP contribution in [0, 0.1) is 6.92 Å². The molecule has 6 heteroatoms. The molecular weight excluding hydrogens is 244 g/mol. The predicted molar refractivity (Wildman–Crippen MR) is 62.6 cm³/mol. The van der Waals surface area contributed by atoms with E-state index in [1.807, 2.05) is 0 Å². The Balaban J connectivity index is 2.70. The first-order valence-electron chi connectivity index (χ1n) is 5.09. The molecule has 0 spiro atoms. The van der Waals surface area contributed by atoms with Gasteiger partial charge >= 0.3 is 5.97 Å². The summed E-state index contributed by atoms with van der Waals surface area (Å²) in [5, 5.41) is 10.00. The van der Waals surface area contributed by atoms with Gasteiger partial charge in [-0.3, -0.25) is 4.40 Å². The number of aromatic hydroxyl groups is 1. The molecule has 0 radical (unpaired) electrons. The zero-order valence-corrected chi connectivity index (χ0v) is 10.2. The van der Waals surface area contributed by atoms with E-state index in [1.165, 1.54) is 16.7 Å². The first-order chi connectivity index (χ1) is 8.04. The standard InChI is InChI=1S/C11H11ClN2O3/c1-3-17-11(16)9-6(2)13-10-8(15)4-7(12)5-14(9)10/h4-5,15H,3H2,1-2H3. The molecule has 0 amide bonds. The maximum atomic E-state index is 11.8. The van der Waals surface area contributed by atoms with Gasteiger partial charge in [-0.05, 0) is 13.8 Å². The molecule has 0 bridgehead atoms. The molecule has 5 nitrogen and oxygen atoms in total. The van der Waals surface area contributed by atoms with E-state index in [4.69, 9.17) is 16.3 Å². The summed E-state index contributed by atoms with van der Waals surface area (Å²) in [5.74, 6) is -0.560. The van der Waals surface area contributed by atoms with Crippen molar-refractivity contribution in [1.82, 2.24) is 9.38 Å². The lowest BCUT2D eigenvalue weighted by Gasteiger charge is -2.03. The van der Waals surface area contributed by atoms with E-state index in [9.17, 15) is 9.90 Å². The third-order valence-corrected chi connectivity index (χ3v) is 2.52. The highest BCUT2D eigenvalue weighted by Gasteiger charge is 2.19. The molecular formula is C11H11ClN2O3. The average molecular weight is 255 g/mol. The van der Waals surface area contributed by atoms with Crippen molar-refractivity contribution in [2.24, 2.45) is 0 Å². The zero-order valence-electron chi connectivity index (χ0n) is 9.40. The van der Waals surface area contributed by atoms with Crippen LogP contribution in [0.2, 0.25) is 5.02 Å². The van der Waals surface area contributed by atoms with Gasteiger partial charge in [-0.2, -0.15) is 0 Å². The van der Waals surface area contributed by atoms with E-state index in [0.29, 0.717) is 10.7 Å². The van der Waals surface area contributed by atoms with Gasteiger partial charge in [0.1, 0.15) is 0 Å². The summed E-state index contributed by atoms with van der Waals surface area (Å²) < 4.78 is 6.37. The third-order valence-electron chi connectivity index (χ3n) is 2.31. The van der Waals surface area contributed by atoms with Gasteiger partial charge in [-0.15, -0.1) is 0 Å². The second kappa shape index (κ2) is 4.25. The molecule has 0 aliphatic carbocycles. The summed E-state index contributed by atoms with van der Waals surface area (Å²) in [4.78, 5) is 15.9. The summed E-state index contributed by atoms with van der Waals surface area (Å²) in [5.41, 5.74) is 1.05. The lowest BCUT2D eigenvalue weighted by atomic mass is 10.3. The molecule has 0 saturated heterocycles. The van der Waals surface area contributed by atoms with E-state index >= 15 is 0 Å². The van der Waals surface area contributed by atoms with Crippen molar-refractivity contribution in [3.05, 3.63) is 28.7 Å². The summed E-state index contributed by atoms with van der Waals surface area (Å²) in [6.07, 6.45) is 1.52. The van der Waals surface area contributed by atoms with Gasteiger partial charge in [0.05, 0.1) is 17.3 Å². The minimum Gasteiger partial charge on any atom is -0.504 e. The van der Waals surface area contributed by atoms with Crippen LogP contribution in [-0.4, -0.2) is 27.1 Å². The number of imidazole rings is 1. The number of hydrogen-bond acceptors (Lipinski definition) is 4. The number of aromatic nitrogens is 2. The van der Waals surface area contributed by atoms with Gasteiger partial charge in [0, 0.05) is 12.3 Å². The molecule has 0 saturated carbocycles. The Morgan fingerprint density at radius 3 is 3.00 bits per heavy atom. The maximum absolute atomic E-state index is 11.8. The summed E-state index contributed by atoms with van der Waals surface area (Å²) in [6, 6.07) is 1.37. The molecule has 2 aromatic heterocycles. The number of halogens is 1. The van der Waals surface area contributed by atoms with Crippen molar-refractivity contribution in [3.63, 3.8) is 0 Å². The van der Waals surface area contributed by atoms with Crippen molar-refractivity contribution in [3.8, 4) is 5.75 Å². The number of rotatable bonds is 2. The minimum absolute atomic E-state index is 0.0730. The number of carbonyl (C=O) groups is 1. The molecule has 2 heterocycles. The molecule has 0 atom stereocenters.